The van der Waals surface area contributed by atoms with Crippen LogP contribution in [0.25, 0.3) is 11.3 Å². The lowest BCUT2D eigenvalue weighted by Gasteiger charge is -2.02. The third kappa shape index (κ3) is 3.13. The van der Waals surface area contributed by atoms with E-state index in [4.69, 9.17) is 0 Å². The van der Waals surface area contributed by atoms with Crippen LogP contribution >= 0.6 is 22.7 Å². The third-order valence-electron chi connectivity index (χ3n) is 3.76. The number of rotatable bonds is 5. The molecule has 0 unspecified atom stereocenters. The monoisotopic (exact) mass is 341 g/mol. The third-order valence-corrected chi connectivity index (χ3v) is 5.49. The van der Waals surface area contributed by atoms with Gasteiger partial charge in [0.1, 0.15) is 0 Å². The van der Waals surface area contributed by atoms with E-state index in [2.05, 4.69) is 44.6 Å². The van der Waals surface area contributed by atoms with Gasteiger partial charge >= 0.3 is 0 Å². The molecule has 3 heterocycles. The summed E-state index contributed by atoms with van der Waals surface area (Å²) in [5.74, 6) is 0.0614. The number of carbonyl (C=O) groups is 1. The zero-order valence-corrected chi connectivity index (χ0v) is 14.0. The maximum atomic E-state index is 11.4. The average molecular weight is 341 g/mol. The molecule has 2 N–H and O–H groups in total. The molecule has 0 fully saturated rings. The Hall–Kier alpha value is -2.18. The summed E-state index contributed by atoms with van der Waals surface area (Å²) in [6.45, 7) is 0.885. The molecule has 0 radical (unpaired) electrons. The summed E-state index contributed by atoms with van der Waals surface area (Å²) in [6.07, 6.45) is 1.47. The Morgan fingerprint density at radius 3 is 3.09 bits per heavy atom. The van der Waals surface area contributed by atoms with Crippen molar-refractivity contribution in [1.82, 2.24) is 4.98 Å². The molecular weight excluding hydrogens is 326 g/mol. The highest BCUT2D eigenvalue weighted by Gasteiger charge is 2.18. The van der Waals surface area contributed by atoms with Crippen LogP contribution in [0, 0.1) is 0 Å². The molecule has 0 saturated carbocycles. The van der Waals surface area contributed by atoms with E-state index >= 15 is 0 Å². The maximum absolute atomic E-state index is 11.4. The molecule has 23 heavy (non-hydrogen) atoms. The molecule has 3 aromatic rings. The highest BCUT2D eigenvalue weighted by molar-refractivity contribution is 7.14. The maximum Gasteiger partial charge on any atom is 0.228 e. The van der Waals surface area contributed by atoms with Gasteiger partial charge in [-0.15, -0.1) is 22.7 Å². The zero-order chi connectivity index (χ0) is 15.6. The highest BCUT2D eigenvalue weighted by Crippen LogP contribution is 2.30. The Kier molecular flexibility index (Phi) is 3.85. The highest BCUT2D eigenvalue weighted by atomic mass is 32.1. The topological polar surface area (TPSA) is 54.0 Å². The number of carbonyl (C=O) groups excluding carboxylic acids is 1. The van der Waals surface area contributed by atoms with Crippen molar-refractivity contribution >= 4 is 39.4 Å². The number of anilines is 2. The number of nitrogens with one attached hydrogen (secondary N) is 2. The lowest BCUT2D eigenvalue weighted by molar-refractivity contribution is -0.115. The molecule has 0 aliphatic carbocycles. The SMILES string of the molecule is O=C1Cc2cc(-c3csc(NCCc4cccs4)n3)ccc2N1. The van der Waals surface area contributed by atoms with E-state index in [0.717, 1.165) is 40.6 Å². The van der Waals surface area contributed by atoms with Crippen molar-refractivity contribution in [2.75, 3.05) is 17.2 Å². The Morgan fingerprint density at radius 1 is 1.26 bits per heavy atom. The number of hydrogen-bond acceptors (Lipinski definition) is 5. The van der Waals surface area contributed by atoms with Gasteiger partial charge in [0.2, 0.25) is 5.91 Å². The van der Waals surface area contributed by atoms with E-state index in [9.17, 15) is 4.79 Å². The predicted molar refractivity (Wildman–Crippen MR) is 96.4 cm³/mol. The lowest BCUT2D eigenvalue weighted by atomic mass is 10.1. The van der Waals surface area contributed by atoms with Gasteiger partial charge in [-0.2, -0.15) is 0 Å². The van der Waals surface area contributed by atoms with Gasteiger partial charge < -0.3 is 10.6 Å². The molecule has 1 aromatic carbocycles. The Balaban J connectivity index is 1.43. The summed E-state index contributed by atoms with van der Waals surface area (Å²) < 4.78 is 0. The number of fused-ring (bicyclic) bond motifs is 1. The van der Waals surface area contributed by atoms with Crippen LogP contribution in [0.5, 0.6) is 0 Å². The number of amides is 1. The van der Waals surface area contributed by atoms with E-state index in [-0.39, 0.29) is 5.91 Å². The molecule has 116 valence electrons. The second-order valence-corrected chi connectivity index (χ2v) is 7.28. The first-order valence-electron chi connectivity index (χ1n) is 7.43. The van der Waals surface area contributed by atoms with Gasteiger partial charge in [-0.3, -0.25) is 4.79 Å². The summed E-state index contributed by atoms with van der Waals surface area (Å²) >= 11 is 3.40. The number of benzene rings is 1. The molecule has 0 atom stereocenters. The second kappa shape index (κ2) is 6.14. The summed E-state index contributed by atoms with van der Waals surface area (Å²) in [5.41, 5.74) is 3.98. The molecule has 1 amide bonds. The Labute approximate surface area is 142 Å². The van der Waals surface area contributed by atoms with Crippen molar-refractivity contribution < 1.29 is 4.79 Å². The molecule has 0 saturated heterocycles. The van der Waals surface area contributed by atoms with Crippen LogP contribution in [0.15, 0.2) is 41.1 Å². The summed E-state index contributed by atoms with van der Waals surface area (Å²) in [7, 11) is 0. The smallest absolute Gasteiger partial charge is 0.228 e. The van der Waals surface area contributed by atoms with Gasteiger partial charge in [0.05, 0.1) is 12.1 Å². The Morgan fingerprint density at radius 2 is 2.22 bits per heavy atom. The van der Waals surface area contributed by atoms with Crippen LogP contribution in [0.2, 0.25) is 0 Å². The predicted octanol–water partition coefficient (Wildman–Crippen LogP) is 4.02. The van der Waals surface area contributed by atoms with Gasteiger partial charge in [0, 0.05) is 28.1 Å². The number of aromatic nitrogens is 1. The number of hydrogen-bond donors (Lipinski definition) is 2. The standard InChI is InChI=1S/C17H15N3OS2/c21-16-9-12-8-11(3-4-14(12)19-16)15-10-23-17(20-15)18-6-5-13-2-1-7-22-13/h1-4,7-8,10H,5-6,9H2,(H,18,20)(H,19,21). The van der Waals surface area contributed by atoms with Gasteiger partial charge in [0.25, 0.3) is 0 Å². The fourth-order valence-electron chi connectivity index (χ4n) is 2.62. The average Bonchev–Trinajstić information content (AvgIpc) is 3.25. The zero-order valence-electron chi connectivity index (χ0n) is 12.3. The Bertz CT molecular complexity index is 839. The van der Waals surface area contributed by atoms with Gasteiger partial charge in [0.15, 0.2) is 5.13 Å². The minimum Gasteiger partial charge on any atom is -0.361 e. The molecule has 0 bridgehead atoms. The lowest BCUT2D eigenvalue weighted by Crippen LogP contribution is -2.03. The first kappa shape index (κ1) is 14.4. The van der Waals surface area contributed by atoms with Crippen molar-refractivity contribution in [3.63, 3.8) is 0 Å². The van der Waals surface area contributed by atoms with Gasteiger partial charge in [-0.1, -0.05) is 12.1 Å². The first-order chi connectivity index (χ1) is 11.3. The van der Waals surface area contributed by atoms with E-state index in [1.165, 1.54) is 4.88 Å². The second-order valence-electron chi connectivity index (χ2n) is 5.39. The summed E-state index contributed by atoms with van der Waals surface area (Å²) in [4.78, 5) is 17.5. The van der Waals surface area contributed by atoms with Crippen LogP contribution < -0.4 is 10.6 Å². The van der Waals surface area contributed by atoms with Crippen molar-refractivity contribution in [1.29, 1.82) is 0 Å². The number of thiophene rings is 1. The van der Waals surface area contributed by atoms with Crippen LogP contribution in [0.1, 0.15) is 10.4 Å². The largest absolute Gasteiger partial charge is 0.361 e. The van der Waals surface area contributed by atoms with Crippen LogP contribution in [-0.2, 0) is 17.6 Å². The van der Waals surface area contributed by atoms with E-state index in [0.29, 0.717) is 6.42 Å². The van der Waals surface area contributed by atoms with E-state index < -0.39 is 0 Å². The van der Waals surface area contributed by atoms with Crippen molar-refractivity contribution in [3.8, 4) is 11.3 Å². The molecule has 4 nitrogen and oxygen atoms in total. The number of nitrogens with zero attached hydrogens (tertiary/aromatic N) is 1. The summed E-state index contributed by atoms with van der Waals surface area (Å²) in [5, 5.41) is 11.3. The minimum absolute atomic E-state index is 0.0614. The molecule has 1 aliphatic heterocycles. The van der Waals surface area contributed by atoms with E-state index in [1.807, 2.05) is 12.1 Å². The summed E-state index contributed by atoms with van der Waals surface area (Å²) in [6, 6.07) is 10.2. The molecular formula is C17H15N3OS2. The van der Waals surface area contributed by atoms with Crippen molar-refractivity contribution in [3.05, 3.63) is 51.5 Å². The molecule has 0 spiro atoms. The van der Waals surface area contributed by atoms with E-state index in [1.54, 1.807) is 22.7 Å². The minimum atomic E-state index is 0.0614. The molecule has 2 aromatic heterocycles. The molecule has 6 heteroatoms. The number of thiazole rings is 1. The van der Waals surface area contributed by atoms with Gasteiger partial charge in [-0.05, 0) is 35.6 Å². The molecule has 4 rings (SSSR count). The van der Waals surface area contributed by atoms with Crippen LogP contribution in [0.4, 0.5) is 10.8 Å². The quantitative estimate of drug-likeness (QED) is 0.737. The first-order valence-corrected chi connectivity index (χ1v) is 9.19. The fourth-order valence-corrected chi connectivity index (χ4v) is 4.08. The molecule has 1 aliphatic rings. The van der Waals surface area contributed by atoms with Crippen molar-refractivity contribution in [2.24, 2.45) is 0 Å². The normalized spacial score (nSPS) is 13.0. The van der Waals surface area contributed by atoms with Crippen LogP contribution in [0.3, 0.4) is 0 Å². The fraction of sp³-hybridized carbons (Fsp3) is 0.176. The van der Waals surface area contributed by atoms with Crippen LogP contribution in [-0.4, -0.2) is 17.4 Å². The van der Waals surface area contributed by atoms with Crippen molar-refractivity contribution in [2.45, 2.75) is 12.8 Å². The van der Waals surface area contributed by atoms with Gasteiger partial charge in [-0.25, -0.2) is 4.98 Å².